The zero-order valence-corrected chi connectivity index (χ0v) is 20.3. The third-order valence-electron chi connectivity index (χ3n) is 5.98. The first-order chi connectivity index (χ1) is 16.1. The molecule has 6 nitrogen and oxygen atoms in total. The maximum absolute atomic E-state index is 12.7. The topological polar surface area (TPSA) is 58.6 Å². The number of carbonyl (C=O) groups excluding carboxylic acids is 1. The number of aryl methyl sites for hydroxylation is 1. The van der Waals surface area contributed by atoms with Gasteiger partial charge in [0.15, 0.2) is 0 Å². The number of pyridine rings is 1. The van der Waals surface area contributed by atoms with Gasteiger partial charge in [-0.3, -0.25) is 9.78 Å². The first kappa shape index (κ1) is 23.4. The monoisotopic (exact) mass is 464 g/mol. The largest absolute Gasteiger partial charge is 0.493 e. The van der Waals surface area contributed by atoms with Gasteiger partial charge in [-0.05, 0) is 56.6 Å². The molecule has 0 bridgehead atoms. The molecule has 3 heterocycles. The summed E-state index contributed by atoms with van der Waals surface area (Å²) >= 11 is 1.52. The molecule has 33 heavy (non-hydrogen) atoms. The molecule has 0 radical (unpaired) electrons. The number of carbonyl (C=O) groups is 1. The third-order valence-corrected chi connectivity index (χ3v) is 6.76. The van der Waals surface area contributed by atoms with Crippen LogP contribution in [0.15, 0.2) is 54.0 Å². The summed E-state index contributed by atoms with van der Waals surface area (Å²) in [6, 6.07) is 14.4. The Morgan fingerprint density at radius 2 is 2.09 bits per heavy atom. The van der Waals surface area contributed by atoms with Crippen molar-refractivity contribution in [1.82, 2.24) is 19.8 Å². The number of rotatable bonds is 9. The predicted octanol–water partition coefficient (Wildman–Crippen LogP) is 4.45. The molecule has 1 aromatic carbocycles. The highest BCUT2D eigenvalue weighted by Gasteiger charge is 2.26. The third kappa shape index (κ3) is 6.85. The molecule has 1 atom stereocenters. The minimum Gasteiger partial charge on any atom is -0.493 e. The summed E-state index contributed by atoms with van der Waals surface area (Å²) in [7, 11) is 2.14. The number of benzene rings is 1. The number of amides is 1. The average molecular weight is 465 g/mol. The first-order valence-electron chi connectivity index (χ1n) is 11.6. The van der Waals surface area contributed by atoms with Crippen LogP contribution in [0, 0.1) is 12.8 Å². The fraction of sp³-hybridized carbons (Fsp3) is 0.423. The van der Waals surface area contributed by atoms with Gasteiger partial charge in [-0.2, -0.15) is 0 Å². The van der Waals surface area contributed by atoms with E-state index in [1.165, 1.54) is 16.9 Å². The van der Waals surface area contributed by atoms with Crippen LogP contribution >= 0.6 is 11.3 Å². The van der Waals surface area contributed by atoms with E-state index in [2.05, 4.69) is 40.1 Å². The van der Waals surface area contributed by atoms with E-state index in [4.69, 9.17) is 4.74 Å². The molecule has 0 saturated carbocycles. The summed E-state index contributed by atoms with van der Waals surface area (Å²) in [6.45, 7) is 5.95. The summed E-state index contributed by atoms with van der Waals surface area (Å²) in [4.78, 5) is 25.7. The van der Waals surface area contributed by atoms with Crippen LogP contribution in [0.2, 0.25) is 0 Å². The van der Waals surface area contributed by atoms with E-state index in [1.807, 2.05) is 47.7 Å². The number of ether oxygens (including phenoxy) is 1. The SMILES string of the molecule is Cc1nc(C(=O)N2CCCC(COc3ccc(CN(C)CCc4ccccn4)cc3)C2)cs1. The summed E-state index contributed by atoms with van der Waals surface area (Å²) in [5.74, 6) is 1.27. The highest BCUT2D eigenvalue weighted by Crippen LogP contribution is 2.21. The summed E-state index contributed by atoms with van der Waals surface area (Å²) in [5, 5.41) is 2.79. The van der Waals surface area contributed by atoms with Crippen molar-refractivity contribution < 1.29 is 9.53 Å². The molecule has 174 valence electrons. The summed E-state index contributed by atoms with van der Waals surface area (Å²) < 4.78 is 6.08. The van der Waals surface area contributed by atoms with Crippen molar-refractivity contribution in [3.63, 3.8) is 0 Å². The number of piperidine rings is 1. The maximum atomic E-state index is 12.7. The van der Waals surface area contributed by atoms with Gasteiger partial charge in [-0.25, -0.2) is 4.98 Å². The molecule has 1 aliphatic heterocycles. The van der Waals surface area contributed by atoms with E-state index in [-0.39, 0.29) is 5.91 Å². The molecule has 4 rings (SSSR count). The Balaban J connectivity index is 1.21. The Morgan fingerprint density at radius 3 is 2.82 bits per heavy atom. The fourth-order valence-corrected chi connectivity index (χ4v) is 4.74. The van der Waals surface area contributed by atoms with Crippen LogP contribution in [0.3, 0.4) is 0 Å². The van der Waals surface area contributed by atoms with Crippen LogP contribution in [0.5, 0.6) is 5.75 Å². The molecule has 1 aliphatic rings. The van der Waals surface area contributed by atoms with Crippen molar-refractivity contribution in [2.75, 3.05) is 33.3 Å². The van der Waals surface area contributed by atoms with Gasteiger partial charge in [0, 0.05) is 55.8 Å². The van der Waals surface area contributed by atoms with Gasteiger partial charge in [0.05, 0.1) is 11.6 Å². The molecule has 0 aliphatic carbocycles. The van der Waals surface area contributed by atoms with Gasteiger partial charge in [0.1, 0.15) is 11.4 Å². The molecular weight excluding hydrogens is 432 g/mol. The zero-order chi connectivity index (χ0) is 23.0. The molecule has 1 amide bonds. The molecule has 0 N–H and O–H groups in total. The standard InChI is InChI=1S/C26H32N4O2S/c1-20-28-25(19-33-20)26(31)30-14-5-6-22(17-30)18-32-24-10-8-21(9-11-24)16-29(2)15-12-23-7-3-4-13-27-23/h3-4,7-11,13,19,22H,5-6,12,14-18H2,1-2H3. The second-order valence-electron chi connectivity index (χ2n) is 8.77. The van der Waals surface area contributed by atoms with Crippen LogP contribution in [0.25, 0.3) is 0 Å². The van der Waals surface area contributed by atoms with E-state index in [9.17, 15) is 4.79 Å². The Hall–Kier alpha value is -2.77. The van der Waals surface area contributed by atoms with Crippen LogP contribution in [-0.4, -0.2) is 59.0 Å². The van der Waals surface area contributed by atoms with Crippen molar-refractivity contribution in [2.45, 2.75) is 32.7 Å². The highest BCUT2D eigenvalue weighted by molar-refractivity contribution is 7.09. The van der Waals surface area contributed by atoms with Crippen LogP contribution in [0.1, 0.15) is 39.6 Å². The average Bonchev–Trinajstić information content (AvgIpc) is 3.29. The highest BCUT2D eigenvalue weighted by atomic mass is 32.1. The number of likely N-dealkylation sites (N-methyl/N-ethyl adjacent to an activating group) is 1. The van der Waals surface area contributed by atoms with Crippen molar-refractivity contribution in [3.8, 4) is 5.75 Å². The normalized spacial score (nSPS) is 16.2. The van der Waals surface area contributed by atoms with E-state index >= 15 is 0 Å². The minimum absolute atomic E-state index is 0.0422. The van der Waals surface area contributed by atoms with Crippen molar-refractivity contribution in [2.24, 2.45) is 5.92 Å². The molecule has 7 heteroatoms. The Labute approximate surface area is 200 Å². The van der Waals surface area contributed by atoms with Crippen LogP contribution in [0.4, 0.5) is 0 Å². The van der Waals surface area contributed by atoms with E-state index < -0.39 is 0 Å². The molecular formula is C26H32N4O2S. The van der Waals surface area contributed by atoms with Gasteiger partial charge < -0.3 is 14.5 Å². The van der Waals surface area contributed by atoms with Crippen LogP contribution in [-0.2, 0) is 13.0 Å². The number of aromatic nitrogens is 2. The lowest BCUT2D eigenvalue weighted by atomic mass is 9.98. The number of nitrogens with zero attached hydrogens (tertiary/aromatic N) is 4. The molecule has 1 fully saturated rings. The number of thiazole rings is 1. The fourth-order valence-electron chi connectivity index (χ4n) is 4.16. The predicted molar refractivity (Wildman–Crippen MR) is 132 cm³/mol. The Morgan fingerprint density at radius 1 is 1.24 bits per heavy atom. The number of hydrogen-bond donors (Lipinski definition) is 0. The van der Waals surface area contributed by atoms with Crippen LogP contribution < -0.4 is 4.74 Å². The molecule has 3 aromatic rings. The van der Waals surface area contributed by atoms with Gasteiger partial charge >= 0.3 is 0 Å². The van der Waals surface area contributed by atoms with E-state index in [0.717, 1.165) is 61.9 Å². The summed E-state index contributed by atoms with van der Waals surface area (Å²) in [6.07, 6.45) is 4.88. The van der Waals surface area contributed by atoms with Gasteiger partial charge in [-0.15, -0.1) is 11.3 Å². The zero-order valence-electron chi connectivity index (χ0n) is 19.4. The second kappa shape index (κ2) is 11.4. The minimum atomic E-state index is 0.0422. The Bertz CT molecular complexity index is 1020. The second-order valence-corrected chi connectivity index (χ2v) is 9.84. The van der Waals surface area contributed by atoms with Gasteiger partial charge in [0.2, 0.25) is 0 Å². The maximum Gasteiger partial charge on any atom is 0.273 e. The van der Waals surface area contributed by atoms with Gasteiger partial charge in [-0.1, -0.05) is 18.2 Å². The van der Waals surface area contributed by atoms with Crippen molar-refractivity contribution in [1.29, 1.82) is 0 Å². The van der Waals surface area contributed by atoms with E-state index in [0.29, 0.717) is 18.2 Å². The first-order valence-corrected chi connectivity index (χ1v) is 12.5. The van der Waals surface area contributed by atoms with Gasteiger partial charge in [0.25, 0.3) is 5.91 Å². The molecule has 0 spiro atoms. The quantitative estimate of drug-likeness (QED) is 0.468. The lowest BCUT2D eigenvalue weighted by Gasteiger charge is -2.32. The Kier molecular flexibility index (Phi) is 8.07. The summed E-state index contributed by atoms with van der Waals surface area (Å²) in [5.41, 5.74) is 2.95. The van der Waals surface area contributed by atoms with E-state index in [1.54, 1.807) is 0 Å². The van der Waals surface area contributed by atoms with Crippen molar-refractivity contribution >= 4 is 17.2 Å². The molecule has 1 unspecified atom stereocenters. The smallest absolute Gasteiger partial charge is 0.273 e. The molecule has 2 aromatic heterocycles. The van der Waals surface area contributed by atoms with Crippen molar-refractivity contribution in [3.05, 3.63) is 76.0 Å². The number of likely N-dealkylation sites (tertiary alicyclic amines) is 1. The lowest BCUT2D eigenvalue weighted by Crippen LogP contribution is -2.41. The lowest BCUT2D eigenvalue weighted by molar-refractivity contribution is 0.0628. The number of hydrogen-bond acceptors (Lipinski definition) is 6. The molecule has 1 saturated heterocycles.